The summed E-state index contributed by atoms with van der Waals surface area (Å²) < 4.78 is 0. The van der Waals surface area contributed by atoms with Crippen LogP contribution in [0, 0.1) is 0 Å². The van der Waals surface area contributed by atoms with Crippen LogP contribution in [0.1, 0.15) is 31.7 Å². The van der Waals surface area contributed by atoms with Gasteiger partial charge in [0.2, 0.25) is 5.91 Å². The molecule has 2 aromatic carbocycles. The van der Waals surface area contributed by atoms with E-state index in [1.807, 2.05) is 59.5 Å². The predicted octanol–water partition coefficient (Wildman–Crippen LogP) is 5.21. The molecule has 27 heavy (non-hydrogen) atoms. The molecule has 1 saturated heterocycles. The average Bonchev–Trinajstić information content (AvgIpc) is 2.66. The lowest BCUT2D eigenvalue weighted by Crippen LogP contribution is -2.48. The molecule has 1 amide bonds. The van der Waals surface area contributed by atoms with Gasteiger partial charge in [0.25, 0.3) is 0 Å². The van der Waals surface area contributed by atoms with Crippen molar-refractivity contribution in [3.8, 4) is 0 Å². The molecule has 0 spiro atoms. The fourth-order valence-electron chi connectivity index (χ4n) is 3.73. The van der Waals surface area contributed by atoms with Gasteiger partial charge in [0.05, 0.1) is 6.42 Å². The van der Waals surface area contributed by atoms with Crippen LogP contribution in [-0.2, 0) is 11.2 Å². The summed E-state index contributed by atoms with van der Waals surface area (Å²) in [6.45, 7) is 5.48. The van der Waals surface area contributed by atoms with Crippen LogP contribution in [0.5, 0.6) is 0 Å². The zero-order valence-corrected chi connectivity index (χ0v) is 17.4. The van der Waals surface area contributed by atoms with Gasteiger partial charge in [-0.25, -0.2) is 0 Å². The van der Waals surface area contributed by atoms with Gasteiger partial charge in [-0.3, -0.25) is 4.79 Å². The molecule has 0 atom stereocenters. The Morgan fingerprint density at radius 1 is 1.07 bits per heavy atom. The first-order valence-electron chi connectivity index (χ1n) is 9.51. The number of rotatable bonds is 6. The third kappa shape index (κ3) is 5.97. The van der Waals surface area contributed by atoms with Crippen molar-refractivity contribution in [1.29, 1.82) is 0 Å². The van der Waals surface area contributed by atoms with Crippen molar-refractivity contribution in [3.05, 3.63) is 65.2 Å². The van der Waals surface area contributed by atoms with Gasteiger partial charge in [0, 0.05) is 29.8 Å². The Balaban J connectivity index is 0.00000261. The lowest BCUT2D eigenvalue weighted by molar-refractivity contribution is -0.118. The van der Waals surface area contributed by atoms with Crippen molar-refractivity contribution >= 4 is 35.6 Å². The molecule has 3 nitrogen and oxygen atoms in total. The number of carbonyl (C=O) groups is 1. The first-order valence-corrected chi connectivity index (χ1v) is 9.89. The van der Waals surface area contributed by atoms with E-state index in [0.717, 1.165) is 43.7 Å². The number of anilines is 1. The molecule has 0 unspecified atom stereocenters. The number of benzene rings is 2. The topological polar surface area (TPSA) is 23.6 Å². The molecule has 0 aliphatic carbocycles. The second-order valence-electron chi connectivity index (χ2n) is 6.98. The zero-order chi connectivity index (χ0) is 18.4. The highest BCUT2D eigenvalue weighted by Gasteiger charge is 2.28. The standard InChI is InChI=1S/C22H27ClN2O.ClH/c1-2-14-24-15-12-21(13-16-24)25(20-10-8-19(23)9-11-20)22(26)17-18-6-4-3-5-7-18;/h3-11,21H,2,12-17H2,1H3;1H. The van der Waals surface area contributed by atoms with Crippen LogP contribution >= 0.6 is 24.0 Å². The molecule has 5 heteroatoms. The highest BCUT2D eigenvalue weighted by molar-refractivity contribution is 6.30. The number of likely N-dealkylation sites (tertiary alicyclic amines) is 1. The molecule has 0 bridgehead atoms. The van der Waals surface area contributed by atoms with Gasteiger partial charge in [0.15, 0.2) is 0 Å². The second kappa shape index (κ2) is 10.7. The van der Waals surface area contributed by atoms with Gasteiger partial charge in [-0.2, -0.15) is 0 Å². The lowest BCUT2D eigenvalue weighted by atomic mass is 10.0. The zero-order valence-electron chi connectivity index (χ0n) is 15.8. The number of amides is 1. The molecule has 2 aromatic rings. The van der Waals surface area contributed by atoms with Crippen molar-refractivity contribution in [2.24, 2.45) is 0 Å². The molecule has 0 N–H and O–H groups in total. The Kier molecular flexibility index (Phi) is 8.62. The Morgan fingerprint density at radius 3 is 2.30 bits per heavy atom. The highest BCUT2D eigenvalue weighted by Crippen LogP contribution is 2.26. The average molecular weight is 407 g/mol. The Labute approximate surface area is 173 Å². The van der Waals surface area contributed by atoms with Crippen LogP contribution in [0.4, 0.5) is 5.69 Å². The van der Waals surface area contributed by atoms with Crippen molar-refractivity contribution < 1.29 is 4.79 Å². The fraction of sp³-hybridized carbons (Fsp3) is 0.409. The summed E-state index contributed by atoms with van der Waals surface area (Å²) in [5, 5.41) is 0.696. The molecule has 0 radical (unpaired) electrons. The number of piperidine rings is 1. The molecule has 146 valence electrons. The minimum absolute atomic E-state index is 0. The minimum atomic E-state index is 0. The molecular weight excluding hydrogens is 379 g/mol. The summed E-state index contributed by atoms with van der Waals surface area (Å²) in [6.07, 6.45) is 3.64. The Hall–Kier alpha value is -1.55. The van der Waals surface area contributed by atoms with Crippen molar-refractivity contribution in [1.82, 2.24) is 4.90 Å². The maximum Gasteiger partial charge on any atom is 0.231 e. The second-order valence-corrected chi connectivity index (χ2v) is 7.41. The largest absolute Gasteiger partial charge is 0.309 e. The van der Waals surface area contributed by atoms with Crippen LogP contribution < -0.4 is 4.90 Å². The van der Waals surface area contributed by atoms with E-state index >= 15 is 0 Å². The SMILES string of the molecule is CCCN1CCC(N(C(=O)Cc2ccccc2)c2ccc(Cl)cc2)CC1.Cl. The van der Waals surface area contributed by atoms with Crippen LogP contribution in [0.2, 0.25) is 5.02 Å². The summed E-state index contributed by atoms with van der Waals surface area (Å²) >= 11 is 6.06. The third-order valence-corrected chi connectivity index (χ3v) is 5.29. The molecule has 3 rings (SSSR count). The molecule has 0 aromatic heterocycles. The van der Waals surface area contributed by atoms with Gasteiger partial charge in [-0.1, -0.05) is 48.9 Å². The molecule has 1 fully saturated rings. The van der Waals surface area contributed by atoms with Crippen molar-refractivity contribution in [2.75, 3.05) is 24.5 Å². The highest BCUT2D eigenvalue weighted by atomic mass is 35.5. The first-order chi connectivity index (χ1) is 12.7. The molecule has 1 heterocycles. The van der Waals surface area contributed by atoms with Gasteiger partial charge in [-0.15, -0.1) is 12.4 Å². The fourth-order valence-corrected chi connectivity index (χ4v) is 3.86. The molecule has 1 aliphatic rings. The van der Waals surface area contributed by atoms with E-state index in [1.54, 1.807) is 0 Å². The van der Waals surface area contributed by atoms with Gasteiger partial charge >= 0.3 is 0 Å². The number of nitrogens with zero attached hydrogens (tertiary/aromatic N) is 2. The van der Waals surface area contributed by atoms with E-state index in [-0.39, 0.29) is 24.4 Å². The van der Waals surface area contributed by atoms with Crippen LogP contribution in [0.3, 0.4) is 0 Å². The van der Waals surface area contributed by atoms with Crippen molar-refractivity contribution in [2.45, 2.75) is 38.6 Å². The Bertz CT molecular complexity index is 698. The monoisotopic (exact) mass is 406 g/mol. The molecular formula is C22H28Cl2N2O. The summed E-state index contributed by atoms with van der Waals surface area (Å²) in [4.78, 5) is 17.7. The predicted molar refractivity (Wildman–Crippen MR) is 116 cm³/mol. The summed E-state index contributed by atoms with van der Waals surface area (Å²) in [6, 6.07) is 17.9. The Morgan fingerprint density at radius 2 is 1.70 bits per heavy atom. The lowest BCUT2D eigenvalue weighted by Gasteiger charge is -2.38. The van der Waals surface area contributed by atoms with Crippen LogP contribution in [0.15, 0.2) is 54.6 Å². The maximum atomic E-state index is 13.2. The number of hydrogen-bond donors (Lipinski definition) is 0. The van der Waals surface area contributed by atoms with E-state index in [4.69, 9.17) is 11.6 Å². The third-order valence-electron chi connectivity index (χ3n) is 5.03. The van der Waals surface area contributed by atoms with Gasteiger partial charge in [0.1, 0.15) is 0 Å². The van der Waals surface area contributed by atoms with E-state index < -0.39 is 0 Å². The van der Waals surface area contributed by atoms with Crippen LogP contribution in [-0.4, -0.2) is 36.5 Å². The number of halogens is 2. The summed E-state index contributed by atoms with van der Waals surface area (Å²) in [5.74, 6) is 0.160. The van der Waals surface area contributed by atoms with Gasteiger partial charge in [-0.05, 0) is 55.6 Å². The maximum absolute atomic E-state index is 13.2. The van der Waals surface area contributed by atoms with E-state index in [9.17, 15) is 4.79 Å². The number of hydrogen-bond acceptors (Lipinski definition) is 2. The smallest absolute Gasteiger partial charge is 0.231 e. The van der Waals surface area contributed by atoms with Crippen LogP contribution in [0.25, 0.3) is 0 Å². The van der Waals surface area contributed by atoms with Crippen molar-refractivity contribution in [3.63, 3.8) is 0 Å². The quantitative estimate of drug-likeness (QED) is 0.656. The van der Waals surface area contributed by atoms with E-state index in [0.29, 0.717) is 11.4 Å². The number of carbonyl (C=O) groups excluding carboxylic acids is 1. The van der Waals surface area contributed by atoms with E-state index in [1.165, 1.54) is 6.42 Å². The summed E-state index contributed by atoms with van der Waals surface area (Å²) in [5.41, 5.74) is 2.00. The van der Waals surface area contributed by atoms with Gasteiger partial charge < -0.3 is 9.80 Å². The normalized spacial score (nSPS) is 15.2. The molecule has 1 aliphatic heterocycles. The molecule has 0 saturated carbocycles. The first kappa shape index (κ1) is 21.7. The van der Waals surface area contributed by atoms with E-state index in [2.05, 4.69) is 11.8 Å². The summed E-state index contributed by atoms with van der Waals surface area (Å²) in [7, 11) is 0. The minimum Gasteiger partial charge on any atom is -0.309 e.